The molecule has 0 atom stereocenters. The average molecular weight is 345 g/mol. The van der Waals surface area contributed by atoms with Crippen LogP contribution in [0.2, 0.25) is 0 Å². The predicted molar refractivity (Wildman–Crippen MR) is 95.7 cm³/mol. The Bertz CT molecular complexity index is 698. The fourth-order valence-electron chi connectivity index (χ4n) is 3.16. The maximum Gasteiger partial charge on any atom is 0.270 e. The van der Waals surface area contributed by atoms with Crippen molar-refractivity contribution in [3.8, 4) is 5.95 Å². The lowest BCUT2D eigenvalue weighted by atomic mass is 9.95. The molecule has 2 N–H and O–H groups in total. The highest BCUT2D eigenvalue weighted by Gasteiger charge is 2.28. The van der Waals surface area contributed by atoms with Gasteiger partial charge in [0.2, 0.25) is 5.95 Å². The predicted octanol–water partition coefficient (Wildman–Crippen LogP) is 2.46. The van der Waals surface area contributed by atoms with Crippen molar-refractivity contribution < 1.29 is 11.3 Å². The van der Waals surface area contributed by atoms with Gasteiger partial charge in [0.1, 0.15) is 12.0 Å². The zero-order chi connectivity index (χ0) is 17.6. The third-order valence-electron chi connectivity index (χ3n) is 4.64. The molecule has 0 aromatic carbocycles. The van der Waals surface area contributed by atoms with Gasteiger partial charge in [-0.05, 0) is 31.7 Å². The maximum atomic E-state index is 12.6. The molecule has 2 heterocycles. The van der Waals surface area contributed by atoms with Crippen LogP contribution in [0.1, 0.15) is 68.5 Å². The molecule has 4 rings (SSSR count). The molecule has 2 aliphatic carbocycles. The van der Waals surface area contributed by atoms with Crippen LogP contribution in [0.4, 0.5) is 0 Å². The maximum absolute atomic E-state index is 12.6. The Morgan fingerprint density at radius 3 is 2.60 bits per heavy atom. The van der Waals surface area contributed by atoms with Crippen LogP contribution in [0.3, 0.4) is 0 Å². The molecule has 0 unspecified atom stereocenters. The van der Waals surface area contributed by atoms with Gasteiger partial charge in [-0.15, -0.1) is 0 Å². The van der Waals surface area contributed by atoms with Crippen LogP contribution in [0.5, 0.6) is 0 Å². The SMILES string of the molecule is CO.O=C(NC1CCCCC1)c1cc(C2CC2)nc(-n2ccnc2)n1.[HH]. The van der Waals surface area contributed by atoms with Gasteiger partial charge >= 0.3 is 0 Å². The monoisotopic (exact) mass is 345 g/mol. The van der Waals surface area contributed by atoms with Gasteiger partial charge in [-0.3, -0.25) is 9.36 Å². The fourth-order valence-corrected chi connectivity index (χ4v) is 3.16. The van der Waals surface area contributed by atoms with Crippen molar-refractivity contribution in [1.82, 2.24) is 24.8 Å². The summed E-state index contributed by atoms with van der Waals surface area (Å²) in [5.74, 6) is 0.921. The molecule has 25 heavy (non-hydrogen) atoms. The number of hydrogen-bond acceptors (Lipinski definition) is 5. The van der Waals surface area contributed by atoms with Gasteiger partial charge < -0.3 is 10.4 Å². The summed E-state index contributed by atoms with van der Waals surface area (Å²) in [6.45, 7) is 0. The Labute approximate surface area is 149 Å². The summed E-state index contributed by atoms with van der Waals surface area (Å²) >= 11 is 0. The summed E-state index contributed by atoms with van der Waals surface area (Å²) in [4.78, 5) is 25.7. The van der Waals surface area contributed by atoms with Crippen LogP contribution in [-0.4, -0.2) is 43.7 Å². The third-order valence-corrected chi connectivity index (χ3v) is 4.64. The van der Waals surface area contributed by atoms with E-state index in [0.29, 0.717) is 17.6 Å². The first-order chi connectivity index (χ1) is 12.3. The second-order valence-corrected chi connectivity index (χ2v) is 6.53. The zero-order valence-electron chi connectivity index (χ0n) is 14.6. The molecule has 2 saturated carbocycles. The number of carbonyl (C=O) groups excluding carboxylic acids is 1. The minimum absolute atomic E-state index is 0. The molecule has 0 aliphatic heterocycles. The summed E-state index contributed by atoms with van der Waals surface area (Å²) in [7, 11) is 1.00. The topological polar surface area (TPSA) is 92.9 Å². The van der Waals surface area contributed by atoms with Gasteiger partial charge in [-0.2, -0.15) is 0 Å². The van der Waals surface area contributed by atoms with E-state index in [-0.39, 0.29) is 13.4 Å². The van der Waals surface area contributed by atoms with E-state index in [1.54, 1.807) is 23.3 Å². The first-order valence-electron chi connectivity index (χ1n) is 8.92. The fraction of sp³-hybridized carbons (Fsp3) is 0.556. The number of nitrogens with zero attached hydrogens (tertiary/aromatic N) is 4. The Hall–Kier alpha value is -2.28. The zero-order valence-corrected chi connectivity index (χ0v) is 14.6. The van der Waals surface area contributed by atoms with Gasteiger partial charge in [0.05, 0.1) is 0 Å². The van der Waals surface area contributed by atoms with Crippen molar-refractivity contribution in [2.75, 3.05) is 7.11 Å². The molecule has 7 nitrogen and oxygen atoms in total. The quantitative estimate of drug-likeness (QED) is 0.888. The van der Waals surface area contributed by atoms with E-state index < -0.39 is 0 Å². The van der Waals surface area contributed by atoms with E-state index in [1.165, 1.54) is 19.3 Å². The van der Waals surface area contributed by atoms with E-state index in [1.807, 2.05) is 6.07 Å². The van der Waals surface area contributed by atoms with Crippen LogP contribution < -0.4 is 5.32 Å². The van der Waals surface area contributed by atoms with Gasteiger partial charge in [-0.25, -0.2) is 15.0 Å². The van der Waals surface area contributed by atoms with Crippen LogP contribution in [0.25, 0.3) is 5.95 Å². The smallest absolute Gasteiger partial charge is 0.270 e. The number of nitrogens with one attached hydrogen (secondary N) is 1. The minimum Gasteiger partial charge on any atom is -0.400 e. The molecule has 2 aromatic rings. The van der Waals surface area contributed by atoms with E-state index in [4.69, 9.17) is 5.11 Å². The lowest BCUT2D eigenvalue weighted by Gasteiger charge is -2.22. The summed E-state index contributed by atoms with van der Waals surface area (Å²) in [5.41, 5.74) is 1.44. The molecule has 0 spiro atoms. The summed E-state index contributed by atoms with van der Waals surface area (Å²) < 4.78 is 1.75. The van der Waals surface area contributed by atoms with Crippen LogP contribution >= 0.6 is 0 Å². The number of hydrogen-bond donors (Lipinski definition) is 2. The lowest BCUT2D eigenvalue weighted by Crippen LogP contribution is -2.36. The molecule has 0 bridgehead atoms. The molecule has 136 valence electrons. The molecular formula is C18H27N5O2. The van der Waals surface area contributed by atoms with E-state index >= 15 is 0 Å². The molecule has 2 aliphatic rings. The Kier molecular flexibility index (Phi) is 5.75. The van der Waals surface area contributed by atoms with Crippen LogP contribution in [0, 0.1) is 0 Å². The second kappa shape index (κ2) is 8.20. The first-order valence-corrected chi connectivity index (χ1v) is 8.92. The van der Waals surface area contributed by atoms with Gasteiger partial charge in [0.15, 0.2) is 0 Å². The van der Waals surface area contributed by atoms with Gasteiger partial charge in [0, 0.05) is 38.6 Å². The van der Waals surface area contributed by atoms with E-state index in [2.05, 4.69) is 20.3 Å². The molecule has 0 saturated heterocycles. The molecule has 7 heteroatoms. The van der Waals surface area contributed by atoms with Crippen molar-refractivity contribution in [3.05, 3.63) is 36.2 Å². The third kappa shape index (κ3) is 4.42. The highest BCUT2D eigenvalue weighted by Crippen LogP contribution is 2.39. The lowest BCUT2D eigenvalue weighted by molar-refractivity contribution is 0.0922. The van der Waals surface area contributed by atoms with Crippen molar-refractivity contribution in [1.29, 1.82) is 0 Å². The number of amides is 1. The molecule has 2 aromatic heterocycles. The van der Waals surface area contributed by atoms with Gasteiger partial charge in [-0.1, -0.05) is 19.3 Å². The number of aliphatic hydroxyl groups excluding tert-OH is 1. The van der Waals surface area contributed by atoms with Crippen molar-refractivity contribution in [2.45, 2.75) is 56.9 Å². The highest BCUT2D eigenvalue weighted by molar-refractivity contribution is 5.92. The normalized spacial score (nSPS) is 17.5. The number of rotatable bonds is 4. The Balaban J connectivity index is 0.000000784. The van der Waals surface area contributed by atoms with Crippen LogP contribution in [-0.2, 0) is 0 Å². The number of aliphatic hydroxyl groups is 1. The second-order valence-electron chi connectivity index (χ2n) is 6.53. The number of imidazole rings is 1. The van der Waals surface area contributed by atoms with E-state index in [0.717, 1.165) is 38.5 Å². The molecule has 2 fully saturated rings. The number of aromatic nitrogens is 4. The van der Waals surface area contributed by atoms with E-state index in [9.17, 15) is 4.79 Å². The Morgan fingerprint density at radius 1 is 1.20 bits per heavy atom. The van der Waals surface area contributed by atoms with Crippen molar-refractivity contribution >= 4 is 5.91 Å². The minimum atomic E-state index is -0.0810. The summed E-state index contributed by atoms with van der Waals surface area (Å²) in [6.07, 6.45) is 13.2. The molecule has 0 radical (unpaired) electrons. The van der Waals surface area contributed by atoms with Crippen molar-refractivity contribution in [2.24, 2.45) is 0 Å². The molecule has 1 amide bonds. The average Bonchev–Trinajstić information content (AvgIpc) is 3.38. The number of carbonyl (C=O) groups is 1. The van der Waals surface area contributed by atoms with Crippen molar-refractivity contribution in [3.63, 3.8) is 0 Å². The summed E-state index contributed by atoms with van der Waals surface area (Å²) in [6, 6.07) is 2.14. The summed E-state index contributed by atoms with van der Waals surface area (Å²) in [5, 5.41) is 10.1. The molecular weight excluding hydrogens is 318 g/mol. The largest absolute Gasteiger partial charge is 0.400 e. The van der Waals surface area contributed by atoms with Gasteiger partial charge in [0.25, 0.3) is 5.91 Å². The Morgan fingerprint density at radius 2 is 1.96 bits per heavy atom. The highest BCUT2D eigenvalue weighted by atomic mass is 16.2. The standard InChI is InChI=1S/C17H21N5O.CH4O.H2/c23-16(19-13-4-2-1-3-5-13)15-10-14(12-6-7-12)20-17(21-15)22-9-8-18-11-22;1-2;/h8-13H,1-7H2,(H,19,23);2H,1H3;1H. The van der Waals surface area contributed by atoms with Crippen LogP contribution in [0.15, 0.2) is 24.8 Å². The first kappa shape index (κ1) is 17.5.